The molecule has 1 saturated heterocycles. The van der Waals surface area contributed by atoms with Crippen molar-refractivity contribution in [3.63, 3.8) is 0 Å². The average Bonchev–Trinajstić information content (AvgIpc) is 2.30. The first kappa shape index (κ1) is 18.5. The maximum Gasteiger partial charge on any atom is 1.00 e. The number of rotatable bonds is 8. The van der Waals surface area contributed by atoms with Crippen LogP contribution >= 0.6 is 24.4 Å². The van der Waals surface area contributed by atoms with Crippen LogP contribution in [0.25, 0.3) is 0 Å². The van der Waals surface area contributed by atoms with E-state index in [9.17, 15) is 0 Å². The molecule has 1 aliphatic rings. The fourth-order valence-corrected chi connectivity index (χ4v) is 2.14. The van der Waals surface area contributed by atoms with Crippen LogP contribution in [0.1, 0.15) is 46.9 Å². The summed E-state index contributed by atoms with van der Waals surface area (Å²) < 4.78 is 0. The van der Waals surface area contributed by atoms with Crippen molar-refractivity contribution in [2.24, 2.45) is 0 Å². The standard InChI is InChI=1S/C11H22N4S2.Na.H/c1-2-3-4-5-6-7-8-13-15-9-12-10(16)14-11(15)17;;/h13H,2-9H2,1H3,(H2,12,14,16,17);;/q;+1;-1. The number of hydrazine groups is 1. The van der Waals surface area contributed by atoms with Crippen molar-refractivity contribution in [2.45, 2.75) is 45.4 Å². The summed E-state index contributed by atoms with van der Waals surface area (Å²) in [6.07, 6.45) is 7.82. The second-order valence-corrected chi connectivity index (χ2v) is 4.99. The van der Waals surface area contributed by atoms with Crippen LogP contribution in [0.3, 0.4) is 0 Å². The van der Waals surface area contributed by atoms with Gasteiger partial charge in [-0.1, -0.05) is 39.0 Å². The number of hydrogen-bond donors (Lipinski definition) is 3. The van der Waals surface area contributed by atoms with Crippen LogP contribution in [0.2, 0.25) is 0 Å². The summed E-state index contributed by atoms with van der Waals surface area (Å²) in [5.74, 6) is 0. The molecule has 1 aliphatic heterocycles. The fourth-order valence-electron chi connectivity index (χ4n) is 1.68. The van der Waals surface area contributed by atoms with E-state index in [0.29, 0.717) is 16.9 Å². The van der Waals surface area contributed by atoms with Gasteiger partial charge in [-0.3, -0.25) is 5.01 Å². The summed E-state index contributed by atoms with van der Waals surface area (Å²) in [6, 6.07) is 0. The van der Waals surface area contributed by atoms with E-state index in [-0.39, 0.29) is 31.0 Å². The Kier molecular flexibility index (Phi) is 11.7. The van der Waals surface area contributed by atoms with Gasteiger partial charge in [0.15, 0.2) is 10.2 Å². The van der Waals surface area contributed by atoms with Gasteiger partial charge in [-0.25, -0.2) is 5.43 Å². The number of nitrogens with one attached hydrogen (secondary N) is 3. The number of nitrogens with zero attached hydrogens (tertiary/aromatic N) is 1. The van der Waals surface area contributed by atoms with Gasteiger partial charge in [0.25, 0.3) is 0 Å². The predicted molar refractivity (Wildman–Crippen MR) is 80.7 cm³/mol. The molecule has 0 spiro atoms. The number of thiocarbonyl (C=S) groups is 2. The molecule has 7 heteroatoms. The van der Waals surface area contributed by atoms with Crippen LogP contribution in [0.15, 0.2) is 0 Å². The molecule has 0 unspecified atom stereocenters. The van der Waals surface area contributed by atoms with E-state index < -0.39 is 0 Å². The van der Waals surface area contributed by atoms with Crippen LogP contribution in [0.4, 0.5) is 0 Å². The SMILES string of the molecule is CCCCCCCCNN1CNC(=S)NC1=S.[H-].[Na+]. The molecule has 0 amide bonds. The van der Waals surface area contributed by atoms with Gasteiger partial charge in [-0.05, 0) is 30.9 Å². The van der Waals surface area contributed by atoms with Gasteiger partial charge < -0.3 is 12.1 Å². The Morgan fingerprint density at radius 3 is 2.56 bits per heavy atom. The van der Waals surface area contributed by atoms with Crippen LogP contribution in [0.5, 0.6) is 0 Å². The normalized spacial score (nSPS) is 14.8. The predicted octanol–water partition coefficient (Wildman–Crippen LogP) is -1.01. The molecule has 0 radical (unpaired) electrons. The second kappa shape index (κ2) is 11.4. The van der Waals surface area contributed by atoms with Gasteiger partial charge in [0.2, 0.25) is 0 Å². The van der Waals surface area contributed by atoms with Crippen molar-refractivity contribution in [3.05, 3.63) is 0 Å². The van der Waals surface area contributed by atoms with Crippen molar-refractivity contribution in [3.8, 4) is 0 Å². The molecule has 18 heavy (non-hydrogen) atoms. The van der Waals surface area contributed by atoms with Crippen LogP contribution in [-0.4, -0.2) is 28.4 Å². The first-order valence-corrected chi connectivity index (χ1v) is 7.15. The molecule has 0 atom stereocenters. The second-order valence-electron chi connectivity index (χ2n) is 4.20. The quantitative estimate of drug-likeness (QED) is 0.303. The monoisotopic (exact) mass is 298 g/mol. The minimum atomic E-state index is 0. The smallest absolute Gasteiger partial charge is 1.00 e. The molecule has 1 fully saturated rings. The Hall–Kier alpha value is 0.540. The van der Waals surface area contributed by atoms with Crippen molar-refractivity contribution < 1.29 is 31.0 Å². The average molecular weight is 298 g/mol. The van der Waals surface area contributed by atoms with Gasteiger partial charge in [0, 0.05) is 6.54 Å². The molecular formula is C11H23N4NaS2. The topological polar surface area (TPSA) is 39.3 Å². The van der Waals surface area contributed by atoms with Gasteiger partial charge in [-0.15, -0.1) is 0 Å². The number of unbranched alkanes of at least 4 members (excludes halogenated alkanes) is 5. The first-order valence-electron chi connectivity index (χ1n) is 6.34. The largest absolute Gasteiger partial charge is 1.00 e. The Morgan fingerprint density at radius 1 is 1.22 bits per heavy atom. The van der Waals surface area contributed by atoms with Crippen molar-refractivity contribution in [2.75, 3.05) is 13.2 Å². The summed E-state index contributed by atoms with van der Waals surface area (Å²) in [7, 11) is 0. The summed E-state index contributed by atoms with van der Waals surface area (Å²) in [4.78, 5) is 0. The third kappa shape index (κ3) is 7.86. The van der Waals surface area contributed by atoms with Crippen LogP contribution < -0.4 is 45.6 Å². The zero-order chi connectivity index (χ0) is 12.5. The number of hydrogen-bond acceptors (Lipinski definition) is 3. The molecule has 0 bridgehead atoms. The van der Waals surface area contributed by atoms with Gasteiger partial charge in [-0.2, -0.15) is 0 Å². The third-order valence-corrected chi connectivity index (χ3v) is 3.27. The fraction of sp³-hybridized carbons (Fsp3) is 0.818. The van der Waals surface area contributed by atoms with Crippen molar-refractivity contribution in [1.29, 1.82) is 0 Å². The Bertz CT molecular complexity index is 269. The molecule has 3 N–H and O–H groups in total. The molecular weight excluding hydrogens is 275 g/mol. The minimum Gasteiger partial charge on any atom is -1.00 e. The van der Waals surface area contributed by atoms with E-state index in [4.69, 9.17) is 24.4 Å². The van der Waals surface area contributed by atoms with E-state index in [0.717, 1.165) is 6.54 Å². The maximum absolute atomic E-state index is 5.16. The van der Waals surface area contributed by atoms with E-state index in [1.165, 1.54) is 38.5 Å². The van der Waals surface area contributed by atoms with Crippen molar-refractivity contribution >= 4 is 34.7 Å². The maximum atomic E-state index is 5.16. The van der Waals surface area contributed by atoms with E-state index in [1.807, 2.05) is 5.01 Å². The summed E-state index contributed by atoms with van der Waals surface area (Å²) in [5, 5.41) is 9.08. The summed E-state index contributed by atoms with van der Waals surface area (Å²) in [6.45, 7) is 3.84. The molecule has 1 rings (SSSR count). The molecule has 0 saturated carbocycles. The van der Waals surface area contributed by atoms with Crippen LogP contribution in [-0.2, 0) is 0 Å². The zero-order valence-electron chi connectivity index (χ0n) is 12.4. The molecule has 0 aromatic heterocycles. The molecule has 4 nitrogen and oxygen atoms in total. The zero-order valence-corrected chi connectivity index (χ0v) is 15.1. The van der Waals surface area contributed by atoms with E-state index in [1.54, 1.807) is 0 Å². The third-order valence-electron chi connectivity index (χ3n) is 2.70. The Morgan fingerprint density at radius 2 is 1.89 bits per heavy atom. The Balaban J connectivity index is 0. The van der Waals surface area contributed by atoms with E-state index >= 15 is 0 Å². The van der Waals surface area contributed by atoms with E-state index in [2.05, 4.69) is 23.0 Å². The molecule has 0 aliphatic carbocycles. The van der Waals surface area contributed by atoms with Gasteiger partial charge in [0.1, 0.15) is 6.67 Å². The van der Waals surface area contributed by atoms with Gasteiger partial charge in [0.05, 0.1) is 0 Å². The molecule has 100 valence electrons. The first-order chi connectivity index (χ1) is 8.24. The van der Waals surface area contributed by atoms with Crippen molar-refractivity contribution in [1.82, 2.24) is 21.1 Å². The summed E-state index contributed by atoms with van der Waals surface area (Å²) >= 11 is 10.1. The minimum absolute atomic E-state index is 0. The summed E-state index contributed by atoms with van der Waals surface area (Å²) in [5.41, 5.74) is 3.29. The van der Waals surface area contributed by atoms with Crippen LogP contribution in [0, 0.1) is 0 Å². The Labute approximate surface area is 144 Å². The van der Waals surface area contributed by atoms with Gasteiger partial charge >= 0.3 is 29.6 Å². The molecule has 1 heterocycles. The molecule has 0 aromatic carbocycles. The molecule has 0 aromatic rings.